The van der Waals surface area contributed by atoms with Crippen molar-refractivity contribution in [2.45, 2.75) is 48.3 Å². The van der Waals surface area contributed by atoms with E-state index in [0.717, 1.165) is 13.1 Å². The van der Waals surface area contributed by atoms with Gasteiger partial charge in [-0.15, -0.1) is 6.58 Å². The van der Waals surface area contributed by atoms with Crippen molar-refractivity contribution in [3.63, 3.8) is 0 Å². The molecule has 0 aromatic carbocycles. The molecule has 0 aromatic heterocycles. The monoisotopic (exact) mass is 557 g/mol. The fourth-order valence-corrected chi connectivity index (χ4v) is 7.15. The Balaban J connectivity index is 1.60. The van der Waals surface area contributed by atoms with Crippen molar-refractivity contribution in [3.8, 4) is 0 Å². The highest BCUT2D eigenvalue weighted by Crippen LogP contribution is 2.60. The van der Waals surface area contributed by atoms with Gasteiger partial charge >= 0.3 is 5.97 Å². The lowest BCUT2D eigenvalue weighted by Gasteiger charge is -2.38. The summed E-state index contributed by atoms with van der Waals surface area (Å²) in [5, 5.41) is 19.1. The first-order chi connectivity index (χ1) is 16.9. The predicted octanol–water partition coefficient (Wildman–Crippen LogP) is 0.328. The average molecular weight is 558 g/mol. The van der Waals surface area contributed by atoms with E-state index in [2.05, 4.69) is 27.4 Å². The van der Waals surface area contributed by atoms with Gasteiger partial charge < -0.3 is 29.5 Å². The molecule has 0 aliphatic carbocycles. The van der Waals surface area contributed by atoms with E-state index >= 15 is 0 Å². The second-order valence-electron chi connectivity index (χ2n) is 9.84. The van der Waals surface area contributed by atoms with Crippen LogP contribution in [-0.2, 0) is 23.9 Å². The number of ether oxygens (including phenoxy) is 2. The number of unbranched alkanes of at least 4 members (excludes halogenated alkanes) is 2. The number of aliphatic hydroxyl groups excluding tert-OH is 1. The number of alkyl halides is 1. The molecule has 4 saturated heterocycles. The van der Waals surface area contributed by atoms with Crippen molar-refractivity contribution < 1.29 is 34.1 Å². The number of carboxylic acid groups (broad SMARTS) is 1. The maximum atomic E-state index is 14.1. The minimum atomic E-state index is -1.16. The maximum absolute atomic E-state index is 14.1. The number of fused-ring (bicyclic) bond motifs is 1. The molecule has 2 N–H and O–H groups in total. The van der Waals surface area contributed by atoms with Crippen LogP contribution in [-0.4, -0.2) is 124 Å². The summed E-state index contributed by atoms with van der Waals surface area (Å²) in [6, 6.07) is -0.881. The highest BCUT2D eigenvalue weighted by molar-refractivity contribution is 9.09. The summed E-state index contributed by atoms with van der Waals surface area (Å²) in [5.74, 6) is -3.46. The molecule has 2 bridgehead atoms. The maximum Gasteiger partial charge on any atom is 0.310 e. The molecule has 3 unspecified atom stereocenters. The van der Waals surface area contributed by atoms with Crippen LogP contribution in [0, 0.1) is 11.8 Å². The van der Waals surface area contributed by atoms with Crippen LogP contribution in [0.3, 0.4) is 0 Å². The third kappa shape index (κ3) is 4.90. The Morgan fingerprint density at radius 1 is 1.23 bits per heavy atom. The molecule has 4 heterocycles. The summed E-state index contributed by atoms with van der Waals surface area (Å²) in [6.07, 6.45) is 3.38. The first-order valence-electron chi connectivity index (χ1n) is 12.5. The van der Waals surface area contributed by atoms with Gasteiger partial charge in [0, 0.05) is 50.7 Å². The number of nitrogens with zero attached hydrogens (tertiary/aromatic N) is 3. The van der Waals surface area contributed by atoms with Gasteiger partial charge in [-0.05, 0) is 25.7 Å². The van der Waals surface area contributed by atoms with E-state index in [9.17, 15) is 19.5 Å². The zero-order valence-corrected chi connectivity index (χ0v) is 21.6. The third-order valence-electron chi connectivity index (χ3n) is 7.82. The smallest absolute Gasteiger partial charge is 0.310 e. The molecule has 0 radical (unpaired) electrons. The second-order valence-corrected chi connectivity index (χ2v) is 11.0. The molecule has 0 aromatic rings. The van der Waals surface area contributed by atoms with Gasteiger partial charge in [-0.1, -0.05) is 22.0 Å². The van der Waals surface area contributed by atoms with E-state index in [4.69, 9.17) is 14.6 Å². The molecule has 11 heteroatoms. The number of likely N-dealkylation sites (tertiary alicyclic amines) is 1. The molecule has 4 aliphatic rings. The number of carbonyl (C=O) groups excluding carboxylic acids is 2. The first-order valence-corrected chi connectivity index (χ1v) is 13.4. The molecule has 4 aliphatic heterocycles. The van der Waals surface area contributed by atoms with Crippen LogP contribution in [0.5, 0.6) is 0 Å². The number of rotatable bonds is 12. The minimum Gasteiger partial charge on any atom is -0.481 e. The molecule has 4 fully saturated rings. The molecule has 4 rings (SSSR count). The van der Waals surface area contributed by atoms with Crippen molar-refractivity contribution in [1.82, 2.24) is 14.7 Å². The molecule has 2 amide bonds. The molecule has 0 saturated carbocycles. The van der Waals surface area contributed by atoms with Crippen LogP contribution < -0.4 is 0 Å². The van der Waals surface area contributed by atoms with E-state index in [-0.39, 0.29) is 23.2 Å². The number of aliphatic carboxylic acids is 1. The van der Waals surface area contributed by atoms with Crippen molar-refractivity contribution in [2.75, 3.05) is 59.1 Å². The lowest BCUT2D eigenvalue weighted by atomic mass is 9.70. The number of aliphatic hydroxyl groups is 1. The summed E-state index contributed by atoms with van der Waals surface area (Å²) in [5.41, 5.74) is -1.16. The van der Waals surface area contributed by atoms with Crippen molar-refractivity contribution >= 4 is 33.7 Å². The molecule has 196 valence electrons. The topological polar surface area (TPSA) is 120 Å². The lowest BCUT2D eigenvalue weighted by molar-refractivity contribution is -0.150. The van der Waals surface area contributed by atoms with E-state index in [1.54, 1.807) is 15.9 Å². The molecule has 35 heavy (non-hydrogen) atoms. The number of hydrogen-bond donors (Lipinski definition) is 2. The number of halogens is 1. The Hall–Kier alpha value is -1.53. The fourth-order valence-electron chi connectivity index (χ4n) is 6.21. The second kappa shape index (κ2) is 11.2. The SMILES string of the molecule is C=CCN(CCN1CCOCC1)C(=O)C1N(CCCCCO)C(=O)[C@@H]2[C@H](C(=O)O)[C@H]3OC12CC3Br. The van der Waals surface area contributed by atoms with Crippen LogP contribution >= 0.6 is 15.9 Å². The van der Waals surface area contributed by atoms with Gasteiger partial charge in [0.2, 0.25) is 11.8 Å². The zero-order chi connectivity index (χ0) is 25.2. The van der Waals surface area contributed by atoms with Gasteiger partial charge in [0.15, 0.2) is 0 Å². The number of carboxylic acids is 1. The summed E-state index contributed by atoms with van der Waals surface area (Å²) in [7, 11) is 0. The number of hydrogen-bond acceptors (Lipinski definition) is 7. The highest BCUT2D eigenvalue weighted by atomic mass is 79.9. The third-order valence-corrected chi connectivity index (χ3v) is 8.66. The Labute approximate surface area is 214 Å². The van der Waals surface area contributed by atoms with Gasteiger partial charge in [-0.3, -0.25) is 19.3 Å². The van der Waals surface area contributed by atoms with E-state index < -0.39 is 35.6 Å². The van der Waals surface area contributed by atoms with Crippen molar-refractivity contribution in [1.29, 1.82) is 0 Å². The van der Waals surface area contributed by atoms with Crippen LogP contribution in [0.2, 0.25) is 0 Å². The summed E-state index contributed by atoms with van der Waals surface area (Å²) in [4.78, 5) is 45.3. The number of morpholine rings is 1. The van der Waals surface area contributed by atoms with Crippen LogP contribution in [0.15, 0.2) is 12.7 Å². The molecule has 6 atom stereocenters. The Morgan fingerprint density at radius 2 is 1.97 bits per heavy atom. The predicted molar refractivity (Wildman–Crippen MR) is 130 cm³/mol. The quantitative estimate of drug-likeness (QED) is 0.200. The number of amides is 2. The highest BCUT2D eigenvalue weighted by Gasteiger charge is 2.76. The largest absolute Gasteiger partial charge is 0.481 e. The first kappa shape index (κ1) is 26.5. The van der Waals surface area contributed by atoms with Crippen LogP contribution in [0.25, 0.3) is 0 Å². The van der Waals surface area contributed by atoms with Crippen LogP contribution in [0.4, 0.5) is 0 Å². The average Bonchev–Trinajstić information content (AvgIpc) is 3.43. The molecular formula is C24H36BrN3O7. The summed E-state index contributed by atoms with van der Waals surface area (Å²) >= 11 is 3.57. The summed E-state index contributed by atoms with van der Waals surface area (Å²) in [6.45, 7) is 8.62. The van der Waals surface area contributed by atoms with Gasteiger partial charge in [0.1, 0.15) is 11.6 Å². The zero-order valence-electron chi connectivity index (χ0n) is 20.0. The Morgan fingerprint density at radius 3 is 2.63 bits per heavy atom. The van der Waals surface area contributed by atoms with Gasteiger partial charge in [-0.2, -0.15) is 0 Å². The van der Waals surface area contributed by atoms with Crippen molar-refractivity contribution in [3.05, 3.63) is 12.7 Å². The standard InChI is InChI=1S/C24H36BrN3O7/c1-2-6-27(9-8-26-10-13-34-14-11-26)22(31)20-24-15-16(25)19(35-24)17(23(32)33)18(24)21(30)28(20)7-4-3-5-12-29/h2,16-20,29H,1,3-15H2,(H,32,33)/t16?,17-,18-,19-,20?,24?/m0/s1. The Kier molecular flexibility index (Phi) is 8.53. The minimum absolute atomic E-state index is 0.0642. The molecular weight excluding hydrogens is 522 g/mol. The lowest BCUT2D eigenvalue weighted by Crippen LogP contribution is -2.57. The molecule has 1 spiro atoms. The normalized spacial score (nSPS) is 34.3. The molecule has 10 nitrogen and oxygen atoms in total. The van der Waals surface area contributed by atoms with Crippen LogP contribution in [0.1, 0.15) is 25.7 Å². The Bertz CT molecular complexity index is 823. The van der Waals surface area contributed by atoms with E-state index in [0.29, 0.717) is 65.1 Å². The number of carbonyl (C=O) groups is 3. The fraction of sp³-hybridized carbons (Fsp3) is 0.792. The van der Waals surface area contributed by atoms with Gasteiger partial charge in [-0.25, -0.2) is 0 Å². The van der Waals surface area contributed by atoms with E-state index in [1.165, 1.54) is 0 Å². The van der Waals surface area contributed by atoms with E-state index in [1.807, 2.05) is 0 Å². The van der Waals surface area contributed by atoms with Gasteiger partial charge in [0.05, 0.1) is 31.2 Å². The van der Waals surface area contributed by atoms with Crippen molar-refractivity contribution in [2.24, 2.45) is 11.8 Å². The summed E-state index contributed by atoms with van der Waals surface area (Å²) < 4.78 is 11.7. The van der Waals surface area contributed by atoms with Gasteiger partial charge in [0.25, 0.3) is 0 Å².